The molecule has 0 aromatic heterocycles. The first-order valence-corrected chi connectivity index (χ1v) is 5.36. The number of nitrogens with two attached hydrogens (primary N) is 1. The molecule has 0 unspecified atom stereocenters. The topological polar surface area (TPSA) is 95.6 Å². The summed E-state index contributed by atoms with van der Waals surface area (Å²) < 4.78 is 13.1. The first-order valence-electron chi connectivity index (χ1n) is 5.36. The average molecular weight is 262 g/mol. The number of nitrogens with one attached hydrogen (secondary N) is 1. The molecule has 0 aliphatic rings. The average Bonchev–Trinajstić information content (AvgIpc) is 2.26. The highest BCUT2D eigenvalue weighted by Crippen LogP contribution is 2.27. The van der Waals surface area contributed by atoms with Gasteiger partial charge < -0.3 is 21.3 Å². The van der Waals surface area contributed by atoms with Crippen molar-refractivity contribution in [3.05, 3.63) is 47.8 Å². The van der Waals surface area contributed by atoms with Crippen LogP contribution in [0.2, 0.25) is 0 Å². The minimum Gasteiger partial charge on any atom is -0.507 e. The smallest absolute Gasteiger partial charge is 0.263 e. The van der Waals surface area contributed by atoms with Gasteiger partial charge in [-0.05, 0) is 30.3 Å². The molecule has 0 heterocycles. The summed E-state index contributed by atoms with van der Waals surface area (Å²) in [7, 11) is 0. The van der Waals surface area contributed by atoms with E-state index in [2.05, 4.69) is 5.32 Å². The fraction of sp³-hybridized carbons (Fsp3) is 0. The van der Waals surface area contributed by atoms with Crippen LogP contribution in [0.5, 0.6) is 11.5 Å². The Kier molecular flexibility index (Phi) is 3.24. The molecule has 0 atom stereocenters. The van der Waals surface area contributed by atoms with E-state index in [0.717, 1.165) is 12.1 Å². The highest BCUT2D eigenvalue weighted by Gasteiger charge is 2.16. The Hall–Kier alpha value is -2.76. The summed E-state index contributed by atoms with van der Waals surface area (Å²) in [6.07, 6.45) is 0. The number of phenols is 2. The van der Waals surface area contributed by atoms with Gasteiger partial charge in [-0.2, -0.15) is 0 Å². The molecular weight excluding hydrogens is 251 g/mol. The van der Waals surface area contributed by atoms with E-state index < -0.39 is 11.7 Å². The molecule has 5 N–H and O–H groups in total. The van der Waals surface area contributed by atoms with Crippen molar-refractivity contribution in [2.45, 2.75) is 0 Å². The quantitative estimate of drug-likeness (QED) is 0.623. The SMILES string of the molecule is Nc1cc(F)cc(NC(=O)c2c(O)cccc2O)c1. The summed E-state index contributed by atoms with van der Waals surface area (Å²) in [5, 5.41) is 21.4. The third-order valence-electron chi connectivity index (χ3n) is 2.43. The molecule has 2 aromatic rings. The van der Waals surface area contributed by atoms with Crippen LogP contribution in [0.1, 0.15) is 10.4 Å². The van der Waals surface area contributed by atoms with Crippen LogP contribution in [0.25, 0.3) is 0 Å². The molecule has 2 rings (SSSR count). The number of anilines is 2. The van der Waals surface area contributed by atoms with Gasteiger partial charge in [0, 0.05) is 11.4 Å². The Morgan fingerprint density at radius 1 is 1.16 bits per heavy atom. The Labute approximate surface area is 108 Å². The summed E-state index contributed by atoms with van der Waals surface area (Å²) in [4.78, 5) is 11.9. The van der Waals surface area contributed by atoms with Crippen molar-refractivity contribution >= 4 is 17.3 Å². The summed E-state index contributed by atoms with van der Waals surface area (Å²) >= 11 is 0. The molecule has 0 spiro atoms. The summed E-state index contributed by atoms with van der Waals surface area (Å²) in [5.74, 6) is -2.11. The zero-order chi connectivity index (χ0) is 14.0. The molecule has 0 saturated carbocycles. The largest absolute Gasteiger partial charge is 0.507 e. The van der Waals surface area contributed by atoms with Gasteiger partial charge in [0.25, 0.3) is 5.91 Å². The minimum absolute atomic E-state index is 0.130. The molecule has 2 aromatic carbocycles. The summed E-state index contributed by atoms with van der Waals surface area (Å²) in [6.45, 7) is 0. The van der Waals surface area contributed by atoms with E-state index >= 15 is 0 Å². The number of benzene rings is 2. The third-order valence-corrected chi connectivity index (χ3v) is 2.43. The number of aromatic hydroxyl groups is 2. The standard InChI is InChI=1S/C13H11FN2O3/c14-7-4-8(15)6-9(5-7)16-13(19)12-10(17)2-1-3-11(12)18/h1-6,17-18H,15H2,(H,16,19). The maximum atomic E-state index is 13.1. The third kappa shape index (κ3) is 2.74. The lowest BCUT2D eigenvalue weighted by molar-refractivity contribution is 0.102. The van der Waals surface area contributed by atoms with E-state index in [1.54, 1.807) is 0 Å². The molecule has 0 aliphatic carbocycles. The maximum absolute atomic E-state index is 13.1. The fourth-order valence-electron chi connectivity index (χ4n) is 1.64. The molecular formula is C13H11FN2O3. The molecule has 0 fully saturated rings. The lowest BCUT2D eigenvalue weighted by atomic mass is 10.1. The van der Waals surface area contributed by atoms with Crippen LogP contribution in [-0.4, -0.2) is 16.1 Å². The number of rotatable bonds is 2. The van der Waals surface area contributed by atoms with Crippen LogP contribution in [0, 0.1) is 5.82 Å². The van der Waals surface area contributed by atoms with E-state index in [1.807, 2.05) is 0 Å². The van der Waals surface area contributed by atoms with Gasteiger partial charge in [-0.3, -0.25) is 4.79 Å². The number of carbonyl (C=O) groups is 1. The van der Waals surface area contributed by atoms with Crippen LogP contribution in [-0.2, 0) is 0 Å². The van der Waals surface area contributed by atoms with E-state index in [1.165, 1.54) is 24.3 Å². The van der Waals surface area contributed by atoms with Gasteiger partial charge in [0.15, 0.2) is 0 Å². The fourth-order valence-corrected chi connectivity index (χ4v) is 1.64. The number of carbonyl (C=O) groups excluding carboxylic acids is 1. The Morgan fingerprint density at radius 3 is 2.37 bits per heavy atom. The molecule has 0 aliphatic heterocycles. The van der Waals surface area contributed by atoms with Gasteiger partial charge in [0.2, 0.25) is 0 Å². The van der Waals surface area contributed by atoms with E-state index in [0.29, 0.717) is 0 Å². The molecule has 6 heteroatoms. The van der Waals surface area contributed by atoms with Crippen molar-refractivity contribution in [1.29, 1.82) is 0 Å². The van der Waals surface area contributed by atoms with Crippen molar-refractivity contribution in [2.75, 3.05) is 11.1 Å². The van der Waals surface area contributed by atoms with Gasteiger partial charge in [-0.25, -0.2) is 4.39 Å². The van der Waals surface area contributed by atoms with Gasteiger partial charge in [-0.15, -0.1) is 0 Å². The number of halogens is 1. The normalized spacial score (nSPS) is 10.2. The van der Waals surface area contributed by atoms with Crippen LogP contribution in [0.3, 0.4) is 0 Å². The van der Waals surface area contributed by atoms with E-state index in [-0.39, 0.29) is 28.4 Å². The van der Waals surface area contributed by atoms with Crippen LogP contribution in [0.15, 0.2) is 36.4 Å². The molecule has 0 radical (unpaired) electrons. The van der Waals surface area contributed by atoms with Gasteiger partial charge >= 0.3 is 0 Å². The number of hydrogen-bond donors (Lipinski definition) is 4. The second-order valence-corrected chi connectivity index (χ2v) is 3.90. The zero-order valence-electron chi connectivity index (χ0n) is 9.72. The van der Waals surface area contributed by atoms with E-state index in [4.69, 9.17) is 5.73 Å². The molecule has 0 bridgehead atoms. The highest BCUT2D eigenvalue weighted by molar-refractivity contribution is 6.08. The molecule has 0 saturated heterocycles. The van der Waals surface area contributed by atoms with Crippen LogP contribution >= 0.6 is 0 Å². The lowest BCUT2D eigenvalue weighted by Gasteiger charge is -2.09. The number of hydrogen-bond acceptors (Lipinski definition) is 4. The zero-order valence-corrected chi connectivity index (χ0v) is 9.72. The highest BCUT2D eigenvalue weighted by atomic mass is 19.1. The second-order valence-electron chi connectivity index (χ2n) is 3.90. The van der Waals surface area contributed by atoms with Crippen molar-refractivity contribution in [2.24, 2.45) is 0 Å². The van der Waals surface area contributed by atoms with Gasteiger partial charge in [0.05, 0.1) is 0 Å². The molecule has 98 valence electrons. The maximum Gasteiger partial charge on any atom is 0.263 e. The van der Waals surface area contributed by atoms with Crippen LogP contribution < -0.4 is 11.1 Å². The van der Waals surface area contributed by atoms with Crippen molar-refractivity contribution in [1.82, 2.24) is 0 Å². The summed E-state index contributed by atoms with van der Waals surface area (Å²) in [5.41, 5.74) is 5.44. The van der Waals surface area contributed by atoms with Crippen molar-refractivity contribution < 1.29 is 19.4 Å². The number of nitrogen functional groups attached to an aromatic ring is 1. The van der Waals surface area contributed by atoms with Gasteiger partial charge in [0.1, 0.15) is 22.9 Å². The van der Waals surface area contributed by atoms with E-state index in [9.17, 15) is 19.4 Å². The predicted octanol–water partition coefficient (Wildman–Crippen LogP) is 2.07. The Balaban J connectivity index is 2.31. The summed E-state index contributed by atoms with van der Waals surface area (Å²) in [6, 6.07) is 7.45. The molecule has 5 nitrogen and oxygen atoms in total. The Bertz CT molecular complexity index is 603. The first-order chi connectivity index (χ1) is 8.97. The number of phenolic OH excluding ortho intramolecular Hbond substituents is 2. The minimum atomic E-state index is -0.763. The van der Waals surface area contributed by atoms with Crippen LogP contribution in [0.4, 0.5) is 15.8 Å². The Morgan fingerprint density at radius 2 is 1.79 bits per heavy atom. The monoisotopic (exact) mass is 262 g/mol. The lowest BCUT2D eigenvalue weighted by Crippen LogP contribution is -2.12. The first kappa shape index (κ1) is 12.7. The second kappa shape index (κ2) is 4.85. The number of amides is 1. The van der Waals surface area contributed by atoms with Crippen molar-refractivity contribution in [3.8, 4) is 11.5 Å². The van der Waals surface area contributed by atoms with Gasteiger partial charge in [-0.1, -0.05) is 6.07 Å². The predicted molar refractivity (Wildman–Crippen MR) is 68.5 cm³/mol. The molecule has 19 heavy (non-hydrogen) atoms. The van der Waals surface area contributed by atoms with Crippen molar-refractivity contribution in [3.63, 3.8) is 0 Å². The molecule has 1 amide bonds.